The first-order valence-corrected chi connectivity index (χ1v) is 8.78. The number of thioether (sulfide) groups is 1. The molecule has 22 heavy (non-hydrogen) atoms. The van der Waals surface area contributed by atoms with Crippen molar-refractivity contribution in [1.82, 2.24) is 14.8 Å². The van der Waals surface area contributed by atoms with Crippen LogP contribution in [-0.2, 0) is 0 Å². The number of carbonyl (C=O) groups excluding carboxylic acids is 1. The molecule has 6 heteroatoms. The number of aromatic nitrogens is 1. The molecule has 118 valence electrons. The molecule has 1 fully saturated rings. The molecule has 0 saturated carbocycles. The summed E-state index contributed by atoms with van der Waals surface area (Å²) >= 11 is 1.70. The second kappa shape index (κ2) is 7.15. The van der Waals surface area contributed by atoms with Crippen molar-refractivity contribution in [3.8, 4) is 0 Å². The topological polar surface area (TPSA) is 48.5 Å². The summed E-state index contributed by atoms with van der Waals surface area (Å²) in [4.78, 5) is 21.0. The van der Waals surface area contributed by atoms with Crippen molar-refractivity contribution < 1.29 is 4.79 Å². The Hall–Kier alpha value is -1.53. The molecule has 3 heterocycles. The van der Waals surface area contributed by atoms with Gasteiger partial charge in [-0.05, 0) is 24.3 Å². The van der Waals surface area contributed by atoms with Gasteiger partial charge in [-0.1, -0.05) is 19.1 Å². The maximum atomic E-state index is 12.3. The Kier molecular flexibility index (Phi) is 5.00. The smallest absolute Gasteiger partial charge is 0.321 e. The standard InChI is InChI=1S/C16H22N4OS/c1-2-22-15-6-5-13(11-17-15)18-16(21)20-10-7-14(12-20)19-8-3-4-9-19/h3-6,11,14H,2,7-10,12H2,1H3,(H,18,21)/t14-/m1/s1. The van der Waals surface area contributed by atoms with Gasteiger partial charge in [0, 0.05) is 32.2 Å². The van der Waals surface area contributed by atoms with E-state index in [1.165, 1.54) is 0 Å². The van der Waals surface area contributed by atoms with E-state index in [1.807, 2.05) is 17.0 Å². The van der Waals surface area contributed by atoms with E-state index >= 15 is 0 Å². The van der Waals surface area contributed by atoms with Gasteiger partial charge >= 0.3 is 6.03 Å². The predicted molar refractivity (Wildman–Crippen MR) is 90.3 cm³/mol. The first-order valence-electron chi connectivity index (χ1n) is 7.80. The number of nitrogens with zero attached hydrogens (tertiary/aromatic N) is 3. The fourth-order valence-electron chi connectivity index (χ4n) is 2.91. The third-order valence-electron chi connectivity index (χ3n) is 4.09. The van der Waals surface area contributed by atoms with Gasteiger partial charge in [-0.2, -0.15) is 0 Å². The first-order chi connectivity index (χ1) is 10.8. The van der Waals surface area contributed by atoms with Crippen molar-refractivity contribution in [3.05, 3.63) is 30.5 Å². The third-order valence-corrected chi connectivity index (χ3v) is 4.92. The molecule has 0 unspecified atom stereocenters. The number of likely N-dealkylation sites (tertiary alicyclic amines) is 1. The Labute approximate surface area is 135 Å². The zero-order valence-corrected chi connectivity index (χ0v) is 13.7. The van der Waals surface area contributed by atoms with Gasteiger partial charge in [-0.15, -0.1) is 11.8 Å². The first kappa shape index (κ1) is 15.4. The van der Waals surface area contributed by atoms with E-state index in [9.17, 15) is 4.79 Å². The van der Waals surface area contributed by atoms with Crippen LogP contribution in [0.2, 0.25) is 0 Å². The van der Waals surface area contributed by atoms with E-state index in [0.717, 1.165) is 49.1 Å². The molecular weight excluding hydrogens is 296 g/mol. The fraction of sp³-hybridized carbons (Fsp3) is 0.500. The minimum Gasteiger partial charge on any atom is -0.323 e. The molecule has 1 aromatic heterocycles. The molecule has 1 atom stereocenters. The molecule has 0 aromatic carbocycles. The van der Waals surface area contributed by atoms with Crippen molar-refractivity contribution in [1.29, 1.82) is 0 Å². The molecule has 1 N–H and O–H groups in total. The molecule has 3 rings (SSSR count). The molecule has 1 aromatic rings. The Morgan fingerprint density at radius 3 is 2.91 bits per heavy atom. The Balaban J connectivity index is 1.51. The second-order valence-corrected chi connectivity index (χ2v) is 6.85. The van der Waals surface area contributed by atoms with Crippen LogP contribution in [-0.4, -0.2) is 58.8 Å². The van der Waals surface area contributed by atoms with Gasteiger partial charge < -0.3 is 10.2 Å². The number of hydrogen-bond acceptors (Lipinski definition) is 4. The molecule has 1 saturated heterocycles. The maximum Gasteiger partial charge on any atom is 0.321 e. The summed E-state index contributed by atoms with van der Waals surface area (Å²) in [6.45, 7) is 5.76. The van der Waals surface area contributed by atoms with Crippen LogP contribution < -0.4 is 5.32 Å². The predicted octanol–water partition coefficient (Wildman–Crippen LogP) is 2.67. The number of hydrogen-bond donors (Lipinski definition) is 1. The molecule has 2 aliphatic heterocycles. The Morgan fingerprint density at radius 1 is 1.41 bits per heavy atom. The summed E-state index contributed by atoms with van der Waals surface area (Å²) in [6.07, 6.45) is 7.18. The molecule has 0 spiro atoms. The lowest BCUT2D eigenvalue weighted by molar-refractivity contribution is 0.212. The number of rotatable bonds is 4. The Bertz CT molecular complexity index is 538. The lowest BCUT2D eigenvalue weighted by Crippen LogP contribution is -2.38. The molecule has 0 radical (unpaired) electrons. The highest BCUT2D eigenvalue weighted by atomic mass is 32.2. The largest absolute Gasteiger partial charge is 0.323 e. The minimum atomic E-state index is -0.0210. The average molecular weight is 318 g/mol. The van der Waals surface area contributed by atoms with E-state index in [2.05, 4.69) is 34.3 Å². The van der Waals surface area contributed by atoms with Gasteiger partial charge in [0.25, 0.3) is 0 Å². The maximum absolute atomic E-state index is 12.3. The van der Waals surface area contributed by atoms with Gasteiger partial charge in [0.05, 0.1) is 16.9 Å². The molecule has 5 nitrogen and oxygen atoms in total. The van der Waals surface area contributed by atoms with E-state index in [1.54, 1.807) is 18.0 Å². The summed E-state index contributed by atoms with van der Waals surface area (Å²) in [5.74, 6) is 0.999. The van der Waals surface area contributed by atoms with Crippen LogP contribution in [0.3, 0.4) is 0 Å². The molecule has 2 aliphatic rings. The SMILES string of the molecule is CCSc1ccc(NC(=O)N2CC[C@@H](N3CC=CC3)C2)cn1. The number of carbonyl (C=O) groups is 1. The number of anilines is 1. The van der Waals surface area contributed by atoms with E-state index in [0.29, 0.717) is 6.04 Å². The van der Waals surface area contributed by atoms with Crippen LogP contribution in [0.15, 0.2) is 35.5 Å². The number of amides is 2. The quantitative estimate of drug-likeness (QED) is 0.685. The molecule has 2 amide bonds. The highest BCUT2D eigenvalue weighted by Crippen LogP contribution is 2.20. The number of nitrogens with one attached hydrogen (secondary N) is 1. The van der Waals surface area contributed by atoms with Crippen LogP contribution in [0.1, 0.15) is 13.3 Å². The van der Waals surface area contributed by atoms with Gasteiger partial charge in [-0.25, -0.2) is 9.78 Å². The number of urea groups is 1. The van der Waals surface area contributed by atoms with Crippen LogP contribution >= 0.6 is 11.8 Å². The van der Waals surface area contributed by atoms with Gasteiger partial charge in [0.2, 0.25) is 0 Å². The van der Waals surface area contributed by atoms with Gasteiger partial charge in [0.15, 0.2) is 0 Å². The highest BCUT2D eigenvalue weighted by molar-refractivity contribution is 7.99. The van der Waals surface area contributed by atoms with E-state index in [-0.39, 0.29) is 6.03 Å². The van der Waals surface area contributed by atoms with Crippen molar-refractivity contribution in [2.75, 3.05) is 37.2 Å². The highest BCUT2D eigenvalue weighted by Gasteiger charge is 2.30. The van der Waals surface area contributed by atoms with E-state index in [4.69, 9.17) is 0 Å². The summed E-state index contributed by atoms with van der Waals surface area (Å²) in [6, 6.07) is 4.34. The third kappa shape index (κ3) is 3.62. The van der Waals surface area contributed by atoms with Crippen LogP contribution in [0, 0.1) is 0 Å². The van der Waals surface area contributed by atoms with Crippen LogP contribution in [0.5, 0.6) is 0 Å². The lowest BCUT2D eigenvalue weighted by Gasteiger charge is -2.23. The van der Waals surface area contributed by atoms with Crippen molar-refractivity contribution in [2.45, 2.75) is 24.4 Å². The average Bonchev–Trinajstić information content (AvgIpc) is 3.20. The van der Waals surface area contributed by atoms with Crippen LogP contribution in [0.25, 0.3) is 0 Å². The van der Waals surface area contributed by atoms with Crippen molar-refractivity contribution in [2.24, 2.45) is 0 Å². The van der Waals surface area contributed by atoms with Gasteiger partial charge in [-0.3, -0.25) is 4.90 Å². The summed E-state index contributed by atoms with van der Waals surface area (Å²) < 4.78 is 0. The lowest BCUT2D eigenvalue weighted by atomic mass is 10.2. The monoisotopic (exact) mass is 318 g/mol. The van der Waals surface area contributed by atoms with Gasteiger partial charge in [0.1, 0.15) is 0 Å². The molecular formula is C16H22N4OS. The summed E-state index contributed by atoms with van der Waals surface area (Å²) in [5.41, 5.74) is 0.761. The van der Waals surface area contributed by atoms with E-state index < -0.39 is 0 Å². The fourth-order valence-corrected chi connectivity index (χ4v) is 3.49. The second-order valence-electron chi connectivity index (χ2n) is 5.56. The van der Waals surface area contributed by atoms with Crippen molar-refractivity contribution in [3.63, 3.8) is 0 Å². The normalized spacial score (nSPS) is 21.5. The minimum absolute atomic E-state index is 0.0210. The summed E-state index contributed by atoms with van der Waals surface area (Å²) in [7, 11) is 0. The van der Waals surface area contributed by atoms with Crippen LogP contribution in [0.4, 0.5) is 10.5 Å². The zero-order valence-electron chi connectivity index (χ0n) is 12.9. The Morgan fingerprint density at radius 2 is 2.23 bits per heavy atom. The number of pyridine rings is 1. The molecule has 0 bridgehead atoms. The zero-order chi connectivity index (χ0) is 15.4. The molecule has 0 aliphatic carbocycles. The van der Waals surface area contributed by atoms with Crippen molar-refractivity contribution >= 4 is 23.5 Å². The summed E-state index contributed by atoms with van der Waals surface area (Å²) in [5, 5.41) is 3.93.